The maximum atomic E-state index is 5.34. The first kappa shape index (κ1) is 26.4. The number of nitrogens with one attached hydrogen (secondary N) is 2. The number of hydrogen-bond acceptors (Lipinski definition) is 5. The monoisotopic (exact) mass is 555 g/mol. The number of methoxy groups -OCH3 is 1. The van der Waals surface area contributed by atoms with Gasteiger partial charge in [0.05, 0.1) is 19.7 Å². The molecule has 1 fully saturated rings. The molecule has 0 radical (unpaired) electrons. The van der Waals surface area contributed by atoms with Gasteiger partial charge in [0, 0.05) is 19.6 Å². The number of likely N-dealkylation sites (tertiary alicyclic amines) is 1. The van der Waals surface area contributed by atoms with Gasteiger partial charge in [0.1, 0.15) is 18.4 Å². The molecule has 8 nitrogen and oxygen atoms in total. The van der Waals surface area contributed by atoms with Gasteiger partial charge in [0.15, 0.2) is 5.96 Å². The van der Waals surface area contributed by atoms with E-state index in [4.69, 9.17) is 9.73 Å². The van der Waals surface area contributed by atoms with Crippen molar-refractivity contribution in [3.05, 3.63) is 42.5 Å². The van der Waals surface area contributed by atoms with Gasteiger partial charge in [0.25, 0.3) is 0 Å². The first-order valence-corrected chi connectivity index (χ1v) is 11.5. The van der Waals surface area contributed by atoms with Gasteiger partial charge in [-0.05, 0) is 63.4 Å². The Balaban J connectivity index is 0.00000363. The van der Waals surface area contributed by atoms with Crippen LogP contribution in [0, 0.1) is 0 Å². The van der Waals surface area contributed by atoms with Crippen LogP contribution in [0.2, 0.25) is 0 Å². The fourth-order valence-corrected chi connectivity index (χ4v) is 3.97. The zero-order valence-electron chi connectivity index (χ0n) is 19.4. The Morgan fingerprint density at radius 3 is 2.44 bits per heavy atom. The number of piperidine rings is 1. The van der Waals surface area contributed by atoms with E-state index in [2.05, 4.69) is 56.9 Å². The maximum absolute atomic E-state index is 5.34. The molecule has 1 aromatic heterocycles. The molecule has 0 saturated carbocycles. The number of hydrogen-bond donors (Lipinski definition) is 2. The topological polar surface area (TPSA) is 79.6 Å². The molecule has 1 aliphatic heterocycles. The van der Waals surface area contributed by atoms with E-state index in [0.29, 0.717) is 0 Å². The van der Waals surface area contributed by atoms with E-state index in [9.17, 15) is 0 Å². The zero-order chi connectivity index (χ0) is 21.7. The Bertz CT molecular complexity index is 761. The highest BCUT2D eigenvalue weighted by Crippen LogP contribution is 2.26. The minimum Gasteiger partial charge on any atom is -0.497 e. The predicted octanol–water partition coefficient (Wildman–Crippen LogP) is 3.47. The van der Waals surface area contributed by atoms with E-state index in [1.54, 1.807) is 19.8 Å². The molecule has 9 heteroatoms. The molecule has 2 aromatic rings. The average Bonchev–Trinajstić information content (AvgIpc) is 3.33. The highest BCUT2D eigenvalue weighted by Gasteiger charge is 2.22. The number of aromatic nitrogens is 3. The Hall–Kier alpha value is -1.88. The summed E-state index contributed by atoms with van der Waals surface area (Å²) in [5.41, 5.74) is 1.30. The average molecular weight is 556 g/mol. The molecule has 0 aliphatic carbocycles. The minimum atomic E-state index is 0. The summed E-state index contributed by atoms with van der Waals surface area (Å²) in [5.74, 6) is 1.79. The van der Waals surface area contributed by atoms with E-state index in [1.807, 2.05) is 4.57 Å². The summed E-state index contributed by atoms with van der Waals surface area (Å²) in [4.78, 5) is 7.53. The molecule has 1 unspecified atom stereocenters. The van der Waals surface area contributed by atoms with Gasteiger partial charge < -0.3 is 19.9 Å². The summed E-state index contributed by atoms with van der Waals surface area (Å²) in [6.45, 7) is 7.81. The Morgan fingerprint density at radius 2 is 1.78 bits per heavy atom. The molecule has 2 N–H and O–H groups in total. The molecule has 0 amide bonds. The first-order valence-electron chi connectivity index (χ1n) is 11.5. The summed E-state index contributed by atoms with van der Waals surface area (Å²) < 4.78 is 7.35. The summed E-state index contributed by atoms with van der Waals surface area (Å²) in [6.07, 6.45) is 9.53. The predicted molar refractivity (Wildman–Crippen MR) is 140 cm³/mol. The van der Waals surface area contributed by atoms with Gasteiger partial charge in [-0.3, -0.25) is 9.89 Å². The molecule has 0 spiro atoms. The highest BCUT2D eigenvalue weighted by molar-refractivity contribution is 14.0. The highest BCUT2D eigenvalue weighted by atomic mass is 127. The van der Waals surface area contributed by atoms with Crippen molar-refractivity contribution in [3.63, 3.8) is 0 Å². The molecule has 32 heavy (non-hydrogen) atoms. The second kappa shape index (κ2) is 15.0. The lowest BCUT2D eigenvalue weighted by Gasteiger charge is -2.34. The number of benzene rings is 1. The first-order chi connectivity index (χ1) is 15.3. The number of aryl methyl sites for hydroxylation is 1. The van der Waals surface area contributed by atoms with Crippen molar-refractivity contribution in [2.75, 3.05) is 39.8 Å². The van der Waals surface area contributed by atoms with Gasteiger partial charge in [-0.1, -0.05) is 18.6 Å². The van der Waals surface area contributed by atoms with Crippen molar-refractivity contribution >= 4 is 29.9 Å². The van der Waals surface area contributed by atoms with Gasteiger partial charge >= 0.3 is 0 Å². The van der Waals surface area contributed by atoms with E-state index in [1.165, 1.54) is 24.8 Å². The molecule has 1 saturated heterocycles. The van der Waals surface area contributed by atoms with Crippen LogP contribution in [0.15, 0.2) is 41.9 Å². The summed E-state index contributed by atoms with van der Waals surface area (Å²) in [7, 11) is 1.71. The van der Waals surface area contributed by atoms with Crippen LogP contribution in [0.5, 0.6) is 5.75 Å². The molecule has 2 heterocycles. The van der Waals surface area contributed by atoms with Crippen LogP contribution in [-0.4, -0.2) is 65.5 Å². The van der Waals surface area contributed by atoms with Crippen LogP contribution >= 0.6 is 24.0 Å². The van der Waals surface area contributed by atoms with E-state index in [0.717, 1.165) is 63.8 Å². The van der Waals surface area contributed by atoms with Gasteiger partial charge in [-0.15, -0.1) is 34.2 Å². The quantitative estimate of drug-likeness (QED) is 0.191. The van der Waals surface area contributed by atoms with Gasteiger partial charge in [0.2, 0.25) is 0 Å². The van der Waals surface area contributed by atoms with E-state index in [-0.39, 0.29) is 30.0 Å². The van der Waals surface area contributed by atoms with Crippen LogP contribution in [0.1, 0.15) is 50.6 Å². The SMILES string of the molecule is CCNC(=NCC(c1ccc(OC)cc1)N1CCCCC1)NCCCCn1cnnc1.I. The third-order valence-corrected chi connectivity index (χ3v) is 5.70. The number of rotatable bonds is 11. The van der Waals surface area contributed by atoms with Crippen LogP contribution in [0.3, 0.4) is 0 Å². The van der Waals surface area contributed by atoms with Crippen molar-refractivity contribution in [1.82, 2.24) is 30.3 Å². The standard InChI is InChI=1S/C23H37N7O.HI/c1-3-24-23(25-13-5-8-14-29-18-27-28-19-29)26-17-22(30-15-6-4-7-16-30)20-9-11-21(31-2)12-10-20;/h9-12,18-19,22H,3-8,13-17H2,1-2H3,(H2,24,25,26);1H. The number of nitrogens with zero attached hydrogens (tertiary/aromatic N) is 5. The summed E-state index contributed by atoms with van der Waals surface area (Å²) in [5, 5.41) is 14.6. The fraction of sp³-hybridized carbons (Fsp3) is 0.609. The lowest BCUT2D eigenvalue weighted by molar-refractivity contribution is 0.167. The molecule has 178 valence electrons. The number of guanidine groups is 1. The van der Waals surface area contributed by atoms with Crippen molar-refractivity contribution < 1.29 is 4.74 Å². The number of halogens is 1. The third kappa shape index (κ3) is 8.57. The lowest BCUT2D eigenvalue weighted by atomic mass is 10.0. The van der Waals surface area contributed by atoms with E-state index >= 15 is 0 Å². The fourth-order valence-electron chi connectivity index (χ4n) is 3.97. The van der Waals surface area contributed by atoms with Crippen LogP contribution < -0.4 is 15.4 Å². The lowest BCUT2D eigenvalue weighted by Crippen LogP contribution is -2.40. The van der Waals surface area contributed by atoms with Crippen molar-refractivity contribution in [3.8, 4) is 5.75 Å². The van der Waals surface area contributed by atoms with Gasteiger partial charge in [-0.25, -0.2) is 0 Å². The van der Waals surface area contributed by atoms with Crippen LogP contribution in [-0.2, 0) is 6.54 Å². The summed E-state index contributed by atoms with van der Waals surface area (Å²) in [6, 6.07) is 8.75. The molecular formula is C23H38IN7O. The van der Waals surface area contributed by atoms with Gasteiger partial charge in [-0.2, -0.15) is 0 Å². The van der Waals surface area contributed by atoms with Crippen LogP contribution in [0.25, 0.3) is 0 Å². The van der Waals surface area contributed by atoms with Crippen LogP contribution in [0.4, 0.5) is 0 Å². The van der Waals surface area contributed by atoms with E-state index < -0.39 is 0 Å². The Kier molecular flexibility index (Phi) is 12.4. The third-order valence-electron chi connectivity index (χ3n) is 5.70. The van der Waals surface area contributed by atoms with Crippen molar-refractivity contribution in [2.45, 2.75) is 51.6 Å². The molecule has 0 bridgehead atoms. The largest absolute Gasteiger partial charge is 0.497 e. The number of ether oxygens (including phenoxy) is 1. The Labute approximate surface area is 209 Å². The normalized spacial score (nSPS) is 15.6. The molecule has 1 aromatic carbocycles. The van der Waals surface area contributed by atoms with Crippen molar-refractivity contribution in [2.24, 2.45) is 4.99 Å². The zero-order valence-corrected chi connectivity index (χ0v) is 21.7. The second-order valence-electron chi connectivity index (χ2n) is 7.94. The smallest absolute Gasteiger partial charge is 0.191 e. The maximum Gasteiger partial charge on any atom is 0.191 e. The number of unbranched alkanes of at least 4 members (excludes halogenated alkanes) is 1. The van der Waals surface area contributed by atoms with Crippen molar-refractivity contribution in [1.29, 1.82) is 0 Å². The second-order valence-corrected chi connectivity index (χ2v) is 7.94. The molecular weight excluding hydrogens is 517 g/mol. The number of aliphatic imine (C=N–C) groups is 1. The Morgan fingerprint density at radius 1 is 1.06 bits per heavy atom. The summed E-state index contributed by atoms with van der Waals surface area (Å²) >= 11 is 0. The molecule has 3 rings (SSSR count). The minimum absolute atomic E-state index is 0. The molecule has 1 aliphatic rings. The molecule has 1 atom stereocenters.